The van der Waals surface area contributed by atoms with Gasteiger partial charge < -0.3 is 0 Å². The summed E-state index contributed by atoms with van der Waals surface area (Å²) in [6.07, 6.45) is 3.70. The fraction of sp³-hybridized carbons (Fsp3) is 0.500. The summed E-state index contributed by atoms with van der Waals surface area (Å²) in [5.74, 6) is -2.34. The number of aryl methyl sites for hydroxylation is 1. The molecule has 1 aliphatic carbocycles. The van der Waals surface area contributed by atoms with Crippen LogP contribution < -0.4 is 4.72 Å². The molecule has 0 amide bonds. The number of rotatable bonds is 7. The Labute approximate surface area is 236 Å². The summed E-state index contributed by atoms with van der Waals surface area (Å²) in [4.78, 5) is 4.53. The van der Waals surface area contributed by atoms with Gasteiger partial charge in [-0.3, -0.25) is 4.40 Å². The summed E-state index contributed by atoms with van der Waals surface area (Å²) in [5, 5.41) is 8.73. The third-order valence-electron chi connectivity index (χ3n) is 8.30. The van der Waals surface area contributed by atoms with Crippen LogP contribution in [-0.2, 0) is 20.2 Å². The van der Waals surface area contributed by atoms with Crippen LogP contribution in [0.2, 0.25) is 0 Å². The molecule has 4 heterocycles. The van der Waals surface area contributed by atoms with E-state index in [2.05, 4.69) is 19.9 Å². The van der Waals surface area contributed by atoms with Gasteiger partial charge >= 0.3 is 0 Å². The number of alkyl halides is 2. The average molecular weight is 608 g/mol. The summed E-state index contributed by atoms with van der Waals surface area (Å²) < 4.78 is 86.9. The second-order valence-electron chi connectivity index (χ2n) is 11.0. The molecule has 1 N–H and O–H groups in total. The zero-order valence-electron chi connectivity index (χ0n) is 22.6. The molecule has 2 aliphatic rings. The fourth-order valence-corrected chi connectivity index (χ4v) is 8.76. The highest BCUT2D eigenvalue weighted by atomic mass is 32.2. The van der Waals surface area contributed by atoms with Crippen molar-refractivity contribution in [3.8, 4) is 0 Å². The Hall–Kier alpha value is -3.01. The summed E-state index contributed by atoms with van der Waals surface area (Å²) in [6.45, 7) is 3.45. The lowest BCUT2D eigenvalue weighted by Crippen LogP contribution is -2.49. The summed E-state index contributed by atoms with van der Waals surface area (Å²) in [7, 11) is -7.85. The first-order chi connectivity index (χ1) is 19.4. The van der Waals surface area contributed by atoms with Gasteiger partial charge in [0.2, 0.25) is 0 Å². The van der Waals surface area contributed by atoms with E-state index < -0.39 is 45.0 Å². The molecule has 4 aromatic rings. The van der Waals surface area contributed by atoms with Crippen LogP contribution in [0.4, 0.5) is 8.78 Å². The Morgan fingerprint density at radius 1 is 1.02 bits per heavy atom. The second-order valence-corrected chi connectivity index (χ2v) is 14.5. The molecule has 1 aromatic carbocycles. The number of fused-ring (bicyclic) bond motifs is 3. The molecular weight excluding hydrogens is 576 g/mol. The SMILES string of the molecule is CC[C@@H]1C[C@H](NS(=O)(=O)N2CCC(F)(F)CC2)C[C@@H]1c1nnc2cnc3c(ccn3S(=O)(=O)c3ccc(C)cc3)n12. The van der Waals surface area contributed by atoms with Crippen LogP contribution >= 0.6 is 0 Å². The fourth-order valence-electron chi connectivity index (χ4n) is 6.04. The number of nitrogens with one attached hydrogen (secondary N) is 1. The lowest BCUT2D eigenvalue weighted by molar-refractivity contribution is -0.0413. The molecule has 2 fully saturated rings. The van der Waals surface area contributed by atoms with E-state index >= 15 is 0 Å². The number of aromatic nitrogens is 5. The minimum absolute atomic E-state index is 0.0716. The van der Waals surface area contributed by atoms with Crippen molar-refractivity contribution in [1.82, 2.24) is 32.6 Å². The van der Waals surface area contributed by atoms with Gasteiger partial charge in [0.05, 0.1) is 16.6 Å². The molecule has 41 heavy (non-hydrogen) atoms. The molecular formula is C26H31F2N7O4S2. The van der Waals surface area contributed by atoms with Gasteiger partial charge in [0.1, 0.15) is 5.82 Å². The molecule has 1 aliphatic heterocycles. The lowest BCUT2D eigenvalue weighted by atomic mass is 9.93. The van der Waals surface area contributed by atoms with E-state index in [-0.39, 0.29) is 35.5 Å². The quantitative estimate of drug-likeness (QED) is 0.340. The summed E-state index contributed by atoms with van der Waals surface area (Å²) in [6, 6.07) is 7.83. The Balaban J connectivity index is 1.31. The van der Waals surface area contributed by atoms with E-state index in [0.717, 1.165) is 20.3 Å². The van der Waals surface area contributed by atoms with Crippen LogP contribution in [0.1, 0.15) is 56.3 Å². The third-order valence-corrected chi connectivity index (χ3v) is 11.7. The Bertz CT molecular complexity index is 1810. The first kappa shape index (κ1) is 28.1. The maximum absolute atomic E-state index is 13.6. The standard InChI is InChI=1S/C26H31F2N7O4S2/c1-3-18-14-19(32-41(38,39)33-12-9-26(27,28)10-13-33)15-21(18)24-31-30-23-16-29-25-22(35(23)24)8-11-34(25)40(36,37)20-6-4-17(2)5-7-20/h4-8,11,16,18-19,21,32H,3,9-10,12-15H2,1-2H3/t18-,19+,21+/m1/s1. The van der Waals surface area contributed by atoms with Crippen LogP contribution in [0.25, 0.3) is 16.8 Å². The zero-order valence-corrected chi connectivity index (χ0v) is 24.2. The van der Waals surface area contributed by atoms with Crippen LogP contribution in [0.5, 0.6) is 0 Å². The van der Waals surface area contributed by atoms with Crippen molar-refractivity contribution in [2.75, 3.05) is 13.1 Å². The van der Waals surface area contributed by atoms with E-state index in [0.29, 0.717) is 29.8 Å². The van der Waals surface area contributed by atoms with Gasteiger partial charge in [-0.05, 0) is 43.9 Å². The van der Waals surface area contributed by atoms with E-state index in [1.807, 2.05) is 13.8 Å². The summed E-state index contributed by atoms with van der Waals surface area (Å²) >= 11 is 0. The molecule has 3 atom stereocenters. The smallest absolute Gasteiger partial charge is 0.274 e. The molecule has 11 nitrogen and oxygen atoms in total. The molecule has 0 spiro atoms. The molecule has 0 bridgehead atoms. The van der Waals surface area contributed by atoms with Crippen molar-refractivity contribution in [3.05, 3.63) is 54.1 Å². The maximum atomic E-state index is 13.6. The van der Waals surface area contributed by atoms with Crippen LogP contribution in [-0.4, -0.2) is 69.7 Å². The molecule has 6 rings (SSSR count). The van der Waals surface area contributed by atoms with Crippen molar-refractivity contribution in [3.63, 3.8) is 0 Å². The highest BCUT2D eigenvalue weighted by molar-refractivity contribution is 7.90. The lowest BCUT2D eigenvalue weighted by Gasteiger charge is -2.31. The minimum Gasteiger partial charge on any atom is -0.274 e. The first-order valence-electron chi connectivity index (χ1n) is 13.6. The minimum atomic E-state index is -3.93. The third kappa shape index (κ3) is 5.02. The second kappa shape index (κ2) is 10.1. The number of halogens is 2. The Morgan fingerprint density at radius 2 is 1.73 bits per heavy atom. The number of hydrogen-bond donors (Lipinski definition) is 1. The van der Waals surface area contributed by atoms with Crippen LogP contribution in [0, 0.1) is 12.8 Å². The van der Waals surface area contributed by atoms with Crippen molar-refractivity contribution < 1.29 is 25.6 Å². The van der Waals surface area contributed by atoms with Gasteiger partial charge in [0, 0.05) is 44.1 Å². The molecule has 15 heteroatoms. The topological polar surface area (TPSA) is 132 Å². The van der Waals surface area contributed by atoms with Gasteiger partial charge in [0.15, 0.2) is 11.3 Å². The highest BCUT2D eigenvalue weighted by Gasteiger charge is 2.42. The molecule has 3 aromatic heterocycles. The van der Waals surface area contributed by atoms with Gasteiger partial charge in [-0.15, -0.1) is 10.2 Å². The molecule has 0 unspecified atom stereocenters. The number of hydrogen-bond acceptors (Lipinski definition) is 7. The normalized spacial score (nSPS) is 24.0. The van der Waals surface area contributed by atoms with E-state index in [4.69, 9.17) is 0 Å². The molecule has 1 saturated heterocycles. The van der Waals surface area contributed by atoms with E-state index in [9.17, 15) is 25.6 Å². The zero-order chi connectivity index (χ0) is 29.2. The molecule has 1 saturated carbocycles. The Morgan fingerprint density at radius 3 is 2.41 bits per heavy atom. The van der Waals surface area contributed by atoms with Gasteiger partial charge in [-0.25, -0.2) is 26.2 Å². The van der Waals surface area contributed by atoms with E-state index in [1.54, 1.807) is 34.7 Å². The highest BCUT2D eigenvalue weighted by Crippen LogP contribution is 2.42. The number of benzene rings is 1. The van der Waals surface area contributed by atoms with Crippen LogP contribution in [0.3, 0.4) is 0 Å². The largest absolute Gasteiger partial charge is 0.279 e. The monoisotopic (exact) mass is 607 g/mol. The van der Waals surface area contributed by atoms with Gasteiger partial charge in [-0.2, -0.15) is 17.4 Å². The van der Waals surface area contributed by atoms with E-state index in [1.165, 1.54) is 12.4 Å². The average Bonchev–Trinajstić information content (AvgIpc) is 3.64. The number of nitrogens with zero attached hydrogens (tertiary/aromatic N) is 6. The Kier molecular flexibility index (Phi) is 6.91. The van der Waals surface area contributed by atoms with Gasteiger partial charge in [0.25, 0.3) is 26.2 Å². The predicted molar refractivity (Wildman–Crippen MR) is 147 cm³/mol. The van der Waals surface area contributed by atoms with Crippen molar-refractivity contribution >= 4 is 37.0 Å². The predicted octanol–water partition coefficient (Wildman–Crippen LogP) is 3.46. The van der Waals surface area contributed by atoms with Crippen molar-refractivity contribution in [2.24, 2.45) is 5.92 Å². The maximum Gasteiger partial charge on any atom is 0.279 e. The first-order valence-corrected chi connectivity index (χ1v) is 16.5. The summed E-state index contributed by atoms with van der Waals surface area (Å²) in [5.41, 5.74) is 2.14. The van der Waals surface area contributed by atoms with Crippen molar-refractivity contribution in [2.45, 2.75) is 68.7 Å². The van der Waals surface area contributed by atoms with Gasteiger partial charge in [-0.1, -0.05) is 31.0 Å². The van der Waals surface area contributed by atoms with Crippen molar-refractivity contribution in [1.29, 1.82) is 0 Å². The molecule has 0 radical (unpaired) electrons. The molecule has 220 valence electrons. The van der Waals surface area contributed by atoms with Crippen LogP contribution in [0.15, 0.2) is 47.6 Å². The number of piperidine rings is 1.